The molecule has 1 fully saturated rings. The van der Waals surface area contributed by atoms with E-state index in [1.807, 2.05) is 0 Å². The van der Waals surface area contributed by atoms with Crippen LogP contribution in [0.15, 0.2) is 12.1 Å². The quantitative estimate of drug-likeness (QED) is 0.586. The molecule has 3 rings (SSSR count). The molecule has 1 aliphatic carbocycles. The topological polar surface area (TPSA) is 17.8 Å². The maximum atomic E-state index is 13.5. The van der Waals surface area contributed by atoms with Crippen LogP contribution in [-0.4, -0.2) is 21.6 Å². The molecule has 0 saturated heterocycles. The average molecular weight is 341 g/mol. The summed E-state index contributed by atoms with van der Waals surface area (Å²) in [5.74, 6) is -0.368. The number of hydrogen-bond acceptors (Lipinski definition) is 1. The fourth-order valence-corrected chi connectivity index (χ4v) is 2.93. The molecule has 1 aliphatic rings. The van der Waals surface area contributed by atoms with Gasteiger partial charge in [-0.15, -0.1) is 11.6 Å². The smallest absolute Gasteiger partial charge is 0.312 e. The van der Waals surface area contributed by atoms with Gasteiger partial charge < -0.3 is 4.57 Å². The second kappa shape index (κ2) is 4.74. The van der Waals surface area contributed by atoms with Gasteiger partial charge in [0.15, 0.2) is 0 Å². The van der Waals surface area contributed by atoms with E-state index in [4.69, 9.17) is 23.2 Å². The van der Waals surface area contributed by atoms with Crippen molar-refractivity contribution in [2.75, 3.05) is 5.88 Å². The first kappa shape index (κ1) is 14.9. The predicted molar refractivity (Wildman–Crippen MR) is 72.4 cm³/mol. The SMILES string of the molecule is Fc1cc2nc(CCCl)n(C3(C(F)(F)F)CC3)c2cc1Cl. The zero-order valence-corrected chi connectivity index (χ0v) is 12.2. The number of halogens is 6. The number of hydrogen-bond donors (Lipinski definition) is 0. The van der Waals surface area contributed by atoms with Gasteiger partial charge in [-0.05, 0) is 18.9 Å². The van der Waals surface area contributed by atoms with Crippen LogP contribution in [0.3, 0.4) is 0 Å². The summed E-state index contributed by atoms with van der Waals surface area (Å²) < 4.78 is 54.8. The lowest BCUT2D eigenvalue weighted by Gasteiger charge is -2.24. The second-order valence-electron chi connectivity index (χ2n) is 5.09. The molecule has 8 heteroatoms. The monoisotopic (exact) mass is 340 g/mol. The molecule has 0 atom stereocenters. The summed E-state index contributed by atoms with van der Waals surface area (Å²) in [4.78, 5) is 4.10. The largest absolute Gasteiger partial charge is 0.412 e. The highest BCUT2D eigenvalue weighted by molar-refractivity contribution is 6.31. The van der Waals surface area contributed by atoms with Crippen LogP contribution in [0, 0.1) is 5.82 Å². The van der Waals surface area contributed by atoms with Crippen molar-refractivity contribution in [3.8, 4) is 0 Å². The van der Waals surface area contributed by atoms with Crippen molar-refractivity contribution in [1.29, 1.82) is 0 Å². The normalized spacial score (nSPS) is 17.4. The molecule has 0 bridgehead atoms. The van der Waals surface area contributed by atoms with E-state index in [1.165, 1.54) is 6.07 Å². The van der Waals surface area contributed by atoms with Gasteiger partial charge in [0.1, 0.15) is 17.2 Å². The van der Waals surface area contributed by atoms with Crippen LogP contribution in [-0.2, 0) is 12.0 Å². The molecular weight excluding hydrogens is 331 g/mol. The minimum Gasteiger partial charge on any atom is -0.312 e. The number of fused-ring (bicyclic) bond motifs is 1. The van der Waals surface area contributed by atoms with Gasteiger partial charge in [-0.3, -0.25) is 0 Å². The van der Waals surface area contributed by atoms with E-state index >= 15 is 0 Å². The van der Waals surface area contributed by atoms with Crippen molar-refractivity contribution in [1.82, 2.24) is 9.55 Å². The molecule has 2 aromatic rings. The third kappa shape index (κ3) is 2.19. The number of aryl methyl sites for hydroxylation is 1. The number of nitrogens with zero attached hydrogens (tertiary/aromatic N) is 2. The van der Waals surface area contributed by atoms with Gasteiger partial charge in [0.25, 0.3) is 0 Å². The van der Waals surface area contributed by atoms with Crippen molar-refractivity contribution < 1.29 is 17.6 Å². The van der Waals surface area contributed by atoms with Crippen molar-refractivity contribution in [3.05, 3.63) is 28.8 Å². The highest BCUT2D eigenvalue weighted by Crippen LogP contribution is 2.57. The summed E-state index contributed by atoms with van der Waals surface area (Å²) in [5.41, 5.74) is -1.62. The number of alkyl halides is 4. The summed E-state index contributed by atoms with van der Waals surface area (Å²) >= 11 is 11.4. The molecule has 0 spiro atoms. The van der Waals surface area contributed by atoms with Crippen LogP contribution in [0.5, 0.6) is 0 Å². The Hall–Kier alpha value is -1.01. The summed E-state index contributed by atoms with van der Waals surface area (Å²) in [6, 6.07) is 2.25. The Morgan fingerprint density at radius 3 is 2.48 bits per heavy atom. The van der Waals surface area contributed by atoms with E-state index in [9.17, 15) is 17.6 Å². The molecule has 1 aromatic heterocycles. The molecule has 0 N–H and O–H groups in total. The van der Waals surface area contributed by atoms with Crippen LogP contribution in [0.2, 0.25) is 5.02 Å². The van der Waals surface area contributed by atoms with Gasteiger partial charge in [0.2, 0.25) is 0 Å². The average Bonchev–Trinajstić information content (AvgIpc) is 3.11. The zero-order chi connectivity index (χ0) is 15.4. The van der Waals surface area contributed by atoms with Crippen LogP contribution in [0.25, 0.3) is 11.0 Å². The Kier molecular flexibility index (Phi) is 3.37. The molecule has 114 valence electrons. The first-order valence-corrected chi connectivity index (χ1v) is 7.21. The lowest BCUT2D eigenvalue weighted by molar-refractivity contribution is -0.179. The van der Waals surface area contributed by atoms with E-state index in [1.54, 1.807) is 0 Å². The second-order valence-corrected chi connectivity index (χ2v) is 5.87. The molecule has 2 nitrogen and oxygen atoms in total. The van der Waals surface area contributed by atoms with E-state index in [0.29, 0.717) is 0 Å². The Labute approximate surface area is 127 Å². The molecule has 1 saturated carbocycles. The van der Waals surface area contributed by atoms with Crippen LogP contribution in [0.4, 0.5) is 17.6 Å². The van der Waals surface area contributed by atoms with E-state index in [0.717, 1.165) is 10.6 Å². The van der Waals surface area contributed by atoms with Crippen LogP contribution >= 0.6 is 23.2 Å². The first-order valence-electron chi connectivity index (χ1n) is 6.30. The number of imidazole rings is 1. The Bertz CT molecular complexity index is 704. The Morgan fingerprint density at radius 2 is 1.95 bits per heavy atom. The van der Waals surface area contributed by atoms with Crippen LogP contribution < -0.4 is 0 Å². The highest BCUT2D eigenvalue weighted by Gasteiger charge is 2.65. The molecule has 0 unspecified atom stereocenters. The number of benzene rings is 1. The van der Waals surface area contributed by atoms with Gasteiger partial charge >= 0.3 is 6.18 Å². The predicted octanol–water partition coefficient (Wildman–Crippen LogP) is 4.66. The lowest BCUT2D eigenvalue weighted by Crippen LogP contribution is -2.36. The lowest BCUT2D eigenvalue weighted by atomic mass is 10.2. The van der Waals surface area contributed by atoms with Gasteiger partial charge in [-0.2, -0.15) is 13.2 Å². The molecule has 0 amide bonds. The van der Waals surface area contributed by atoms with Crippen molar-refractivity contribution >= 4 is 34.2 Å². The van der Waals surface area contributed by atoms with Crippen molar-refractivity contribution in [2.45, 2.75) is 31.0 Å². The minimum absolute atomic E-state index is 0.0216. The third-order valence-electron chi connectivity index (χ3n) is 3.76. The van der Waals surface area contributed by atoms with Crippen molar-refractivity contribution in [3.63, 3.8) is 0 Å². The summed E-state index contributed by atoms with van der Waals surface area (Å²) in [6.07, 6.45) is -4.27. The maximum absolute atomic E-state index is 13.5. The van der Waals surface area contributed by atoms with Gasteiger partial charge in [0, 0.05) is 18.4 Å². The number of aromatic nitrogens is 2. The van der Waals surface area contributed by atoms with E-state index < -0.39 is 17.5 Å². The molecule has 1 aromatic carbocycles. The van der Waals surface area contributed by atoms with Gasteiger partial charge in [-0.1, -0.05) is 11.6 Å². The summed E-state index contributed by atoms with van der Waals surface area (Å²) in [7, 11) is 0. The fourth-order valence-electron chi connectivity index (χ4n) is 2.60. The third-order valence-corrected chi connectivity index (χ3v) is 4.24. The molecule has 1 heterocycles. The summed E-state index contributed by atoms with van der Waals surface area (Å²) in [6.45, 7) is 0. The zero-order valence-electron chi connectivity index (χ0n) is 10.6. The van der Waals surface area contributed by atoms with E-state index in [2.05, 4.69) is 4.98 Å². The van der Waals surface area contributed by atoms with Crippen LogP contribution in [0.1, 0.15) is 18.7 Å². The first-order chi connectivity index (χ1) is 9.80. The standard InChI is InChI=1S/C13H10Cl2F4N2/c14-4-1-11-20-9-6-8(16)7(15)5-10(9)21(11)12(2-3-12)13(17,18)19/h5-6H,1-4H2. The molecule has 0 aliphatic heterocycles. The molecule has 0 radical (unpaired) electrons. The fraction of sp³-hybridized carbons (Fsp3) is 0.462. The highest BCUT2D eigenvalue weighted by atomic mass is 35.5. The molecule has 21 heavy (non-hydrogen) atoms. The summed E-state index contributed by atoms with van der Waals surface area (Å²) in [5, 5.41) is -0.223. The Balaban J connectivity index is 2.29. The Morgan fingerprint density at radius 1 is 1.29 bits per heavy atom. The van der Waals surface area contributed by atoms with Crippen molar-refractivity contribution in [2.24, 2.45) is 0 Å². The molecular formula is C13H10Cl2F4N2. The van der Waals surface area contributed by atoms with E-state index in [-0.39, 0.29) is 47.0 Å². The minimum atomic E-state index is -4.40. The van der Waals surface area contributed by atoms with Gasteiger partial charge in [0.05, 0.1) is 16.1 Å². The van der Waals surface area contributed by atoms with Gasteiger partial charge in [-0.25, -0.2) is 9.37 Å². The maximum Gasteiger partial charge on any atom is 0.412 e. The number of rotatable bonds is 3.